The van der Waals surface area contributed by atoms with Crippen LogP contribution in [0.2, 0.25) is 0 Å². The summed E-state index contributed by atoms with van der Waals surface area (Å²) in [7, 11) is -3.60. The lowest BCUT2D eigenvalue weighted by molar-refractivity contribution is -0.118. The van der Waals surface area contributed by atoms with Gasteiger partial charge in [-0.25, -0.2) is 12.8 Å². The number of nitrogens with one attached hydrogen (secondary N) is 1. The Morgan fingerprint density at radius 3 is 2.46 bits per heavy atom. The zero-order chi connectivity index (χ0) is 20.0. The molecule has 0 bridgehead atoms. The second-order valence-corrected chi connectivity index (χ2v) is 8.55. The van der Waals surface area contributed by atoms with Crippen molar-refractivity contribution in [1.29, 1.82) is 0 Å². The fourth-order valence-electron chi connectivity index (χ4n) is 3.07. The van der Waals surface area contributed by atoms with Gasteiger partial charge in [-0.1, -0.05) is 31.0 Å². The maximum Gasteiger partial charge on any atom is 0.262 e. The third-order valence-corrected chi connectivity index (χ3v) is 6.41. The summed E-state index contributed by atoms with van der Waals surface area (Å²) in [5.41, 5.74) is 0.345. The zero-order valence-corrected chi connectivity index (χ0v) is 16.3. The van der Waals surface area contributed by atoms with Crippen LogP contribution in [0.15, 0.2) is 53.4 Å². The molecule has 1 saturated heterocycles. The van der Waals surface area contributed by atoms with Gasteiger partial charge in [0.15, 0.2) is 18.2 Å². The Kier molecular flexibility index (Phi) is 6.64. The SMILES string of the molecule is O=C(COc1ccccc1F)Nc1cccc(S(=O)(=O)N2CCCCCC2)c1. The molecule has 0 aromatic heterocycles. The largest absolute Gasteiger partial charge is 0.481 e. The minimum Gasteiger partial charge on any atom is -0.481 e. The molecule has 2 aromatic rings. The van der Waals surface area contributed by atoms with Gasteiger partial charge >= 0.3 is 0 Å². The van der Waals surface area contributed by atoms with Gasteiger partial charge in [0.1, 0.15) is 0 Å². The van der Waals surface area contributed by atoms with Crippen LogP contribution in [-0.2, 0) is 14.8 Å². The number of sulfonamides is 1. The first-order chi connectivity index (χ1) is 13.5. The summed E-state index contributed by atoms with van der Waals surface area (Å²) in [4.78, 5) is 12.2. The average Bonchev–Trinajstić information content (AvgIpc) is 2.98. The number of carbonyl (C=O) groups is 1. The number of para-hydroxylation sites is 1. The van der Waals surface area contributed by atoms with Crippen LogP contribution < -0.4 is 10.1 Å². The topological polar surface area (TPSA) is 75.7 Å². The fourth-order valence-corrected chi connectivity index (χ4v) is 4.63. The molecule has 1 N–H and O–H groups in total. The van der Waals surface area contributed by atoms with Gasteiger partial charge < -0.3 is 10.1 Å². The Bertz CT molecular complexity index is 925. The van der Waals surface area contributed by atoms with Gasteiger partial charge in [-0.05, 0) is 43.2 Å². The van der Waals surface area contributed by atoms with Crippen LogP contribution >= 0.6 is 0 Å². The average molecular weight is 406 g/mol. The number of ether oxygens (including phenoxy) is 1. The smallest absolute Gasteiger partial charge is 0.262 e. The molecular formula is C20H23FN2O4S. The number of nitrogens with zero attached hydrogens (tertiary/aromatic N) is 1. The molecule has 3 rings (SSSR count). The van der Waals surface area contributed by atoms with Gasteiger partial charge in [0.05, 0.1) is 4.90 Å². The summed E-state index contributed by atoms with van der Waals surface area (Å²) in [6.45, 7) is 0.634. The summed E-state index contributed by atoms with van der Waals surface area (Å²) < 4.78 is 45.9. The van der Waals surface area contributed by atoms with Gasteiger partial charge in [-0.15, -0.1) is 0 Å². The minimum absolute atomic E-state index is 0.0184. The highest BCUT2D eigenvalue weighted by molar-refractivity contribution is 7.89. The molecule has 8 heteroatoms. The molecule has 0 radical (unpaired) electrons. The van der Waals surface area contributed by atoms with Gasteiger partial charge in [0.25, 0.3) is 5.91 Å². The lowest BCUT2D eigenvalue weighted by Crippen LogP contribution is -2.32. The molecule has 150 valence electrons. The number of rotatable bonds is 6. The Balaban J connectivity index is 1.65. The molecule has 1 aliphatic rings. The highest BCUT2D eigenvalue weighted by Gasteiger charge is 2.25. The molecule has 28 heavy (non-hydrogen) atoms. The molecule has 2 aromatic carbocycles. The molecule has 0 saturated carbocycles. The van der Waals surface area contributed by atoms with Gasteiger partial charge in [0.2, 0.25) is 10.0 Å². The van der Waals surface area contributed by atoms with E-state index in [9.17, 15) is 17.6 Å². The monoisotopic (exact) mass is 406 g/mol. The van der Waals surface area contributed by atoms with Crippen molar-refractivity contribution in [2.45, 2.75) is 30.6 Å². The summed E-state index contributed by atoms with van der Waals surface area (Å²) in [5, 5.41) is 2.59. The normalized spacial score (nSPS) is 15.6. The maximum absolute atomic E-state index is 13.5. The van der Waals surface area contributed by atoms with Gasteiger partial charge in [0, 0.05) is 18.8 Å². The second kappa shape index (κ2) is 9.16. The highest BCUT2D eigenvalue weighted by Crippen LogP contribution is 2.23. The molecular weight excluding hydrogens is 383 g/mol. The number of anilines is 1. The lowest BCUT2D eigenvalue weighted by Gasteiger charge is -2.20. The van der Waals surface area contributed by atoms with Crippen molar-refractivity contribution < 1.29 is 22.3 Å². The molecule has 0 aliphatic carbocycles. The van der Waals surface area contributed by atoms with E-state index in [1.807, 2.05) is 0 Å². The Hall–Kier alpha value is -2.45. The van der Waals surface area contributed by atoms with Crippen molar-refractivity contribution in [1.82, 2.24) is 4.31 Å². The molecule has 0 spiro atoms. The second-order valence-electron chi connectivity index (χ2n) is 6.61. The predicted molar refractivity (Wildman–Crippen MR) is 104 cm³/mol. The number of hydrogen-bond acceptors (Lipinski definition) is 4. The first-order valence-electron chi connectivity index (χ1n) is 9.24. The Labute approximate surface area is 164 Å². The van der Waals surface area contributed by atoms with Crippen LogP contribution in [0.1, 0.15) is 25.7 Å². The van der Waals surface area contributed by atoms with E-state index in [-0.39, 0.29) is 17.3 Å². The number of hydrogen-bond donors (Lipinski definition) is 1. The van der Waals surface area contributed by atoms with E-state index in [0.717, 1.165) is 25.7 Å². The van der Waals surface area contributed by atoms with Crippen molar-refractivity contribution in [3.05, 3.63) is 54.3 Å². The van der Waals surface area contributed by atoms with Crippen LogP contribution in [0.25, 0.3) is 0 Å². The van der Waals surface area contributed by atoms with E-state index in [0.29, 0.717) is 18.8 Å². The fraction of sp³-hybridized carbons (Fsp3) is 0.350. The van der Waals surface area contributed by atoms with Crippen molar-refractivity contribution in [3.8, 4) is 5.75 Å². The van der Waals surface area contributed by atoms with E-state index in [1.165, 1.54) is 34.6 Å². The summed E-state index contributed by atoms with van der Waals surface area (Å²) in [6, 6.07) is 11.9. The standard InChI is InChI=1S/C20H23FN2O4S/c21-18-10-3-4-11-19(18)27-15-20(24)22-16-8-7-9-17(14-16)28(25,26)23-12-5-1-2-6-13-23/h3-4,7-11,14H,1-2,5-6,12-13,15H2,(H,22,24). The summed E-state index contributed by atoms with van der Waals surface area (Å²) >= 11 is 0. The van der Waals surface area contributed by atoms with E-state index in [1.54, 1.807) is 18.2 Å². The lowest BCUT2D eigenvalue weighted by atomic mass is 10.2. The number of amides is 1. The zero-order valence-electron chi connectivity index (χ0n) is 15.4. The molecule has 1 amide bonds. The third kappa shape index (κ3) is 5.08. The molecule has 0 unspecified atom stereocenters. The first kappa shape index (κ1) is 20.3. The van der Waals surface area contributed by atoms with Crippen molar-refractivity contribution in [2.75, 3.05) is 25.0 Å². The Morgan fingerprint density at radius 1 is 1.04 bits per heavy atom. The van der Waals surface area contributed by atoms with E-state index in [4.69, 9.17) is 4.74 Å². The molecule has 1 aliphatic heterocycles. The highest BCUT2D eigenvalue weighted by atomic mass is 32.2. The summed E-state index contributed by atoms with van der Waals surface area (Å²) in [5.74, 6) is -1.08. The van der Waals surface area contributed by atoms with Crippen molar-refractivity contribution >= 4 is 21.6 Å². The summed E-state index contributed by atoms with van der Waals surface area (Å²) in [6.07, 6.45) is 3.76. The third-order valence-electron chi connectivity index (χ3n) is 4.52. The maximum atomic E-state index is 13.5. The van der Waals surface area contributed by atoms with E-state index < -0.39 is 21.7 Å². The number of carbonyl (C=O) groups excluding carboxylic acids is 1. The van der Waals surface area contributed by atoms with Crippen molar-refractivity contribution in [3.63, 3.8) is 0 Å². The van der Waals surface area contributed by atoms with Crippen LogP contribution in [0.5, 0.6) is 5.75 Å². The van der Waals surface area contributed by atoms with Gasteiger partial charge in [-0.2, -0.15) is 4.31 Å². The Morgan fingerprint density at radius 2 is 1.75 bits per heavy atom. The number of halogens is 1. The van der Waals surface area contributed by atoms with Gasteiger partial charge in [-0.3, -0.25) is 4.79 Å². The number of benzene rings is 2. The molecule has 6 nitrogen and oxygen atoms in total. The van der Waals surface area contributed by atoms with Crippen LogP contribution in [0.4, 0.5) is 10.1 Å². The van der Waals surface area contributed by atoms with E-state index >= 15 is 0 Å². The van der Waals surface area contributed by atoms with Crippen LogP contribution in [-0.4, -0.2) is 38.3 Å². The predicted octanol–water partition coefficient (Wildman–Crippen LogP) is 3.41. The quantitative estimate of drug-likeness (QED) is 0.798. The molecule has 1 fully saturated rings. The van der Waals surface area contributed by atoms with Crippen LogP contribution in [0.3, 0.4) is 0 Å². The first-order valence-corrected chi connectivity index (χ1v) is 10.7. The van der Waals surface area contributed by atoms with Crippen LogP contribution in [0, 0.1) is 5.82 Å². The molecule has 1 heterocycles. The van der Waals surface area contributed by atoms with Crippen molar-refractivity contribution in [2.24, 2.45) is 0 Å². The molecule has 0 atom stereocenters. The minimum atomic E-state index is -3.60. The van der Waals surface area contributed by atoms with E-state index in [2.05, 4.69) is 5.32 Å².